The minimum atomic E-state index is 0.158. The van der Waals surface area contributed by atoms with Crippen LogP contribution in [0.5, 0.6) is 0 Å². The van der Waals surface area contributed by atoms with Gasteiger partial charge in [-0.05, 0) is 19.8 Å². The molecule has 1 amide bonds. The summed E-state index contributed by atoms with van der Waals surface area (Å²) < 4.78 is 0. The third kappa shape index (κ3) is 8.10. The van der Waals surface area contributed by atoms with E-state index in [9.17, 15) is 4.79 Å². The van der Waals surface area contributed by atoms with E-state index in [2.05, 4.69) is 12.2 Å². The Morgan fingerprint density at radius 1 is 1.46 bits per heavy atom. The van der Waals surface area contributed by atoms with Crippen molar-refractivity contribution in [3.8, 4) is 0 Å². The molecule has 0 aromatic rings. The van der Waals surface area contributed by atoms with Crippen LogP contribution >= 0.6 is 11.6 Å². The predicted octanol–water partition coefficient (Wildman–Crippen LogP) is 2.70. The number of hydrogen-bond donors (Lipinski definition) is 1. The molecule has 0 heterocycles. The Labute approximate surface area is 86.0 Å². The summed E-state index contributed by atoms with van der Waals surface area (Å²) in [4.78, 5) is 11.2. The van der Waals surface area contributed by atoms with E-state index in [1.165, 1.54) is 0 Å². The van der Waals surface area contributed by atoms with Crippen molar-refractivity contribution in [1.82, 2.24) is 5.32 Å². The van der Waals surface area contributed by atoms with Gasteiger partial charge in [-0.25, -0.2) is 0 Å². The molecule has 0 radical (unpaired) electrons. The van der Waals surface area contributed by atoms with Gasteiger partial charge in [0.1, 0.15) is 0 Å². The van der Waals surface area contributed by atoms with E-state index in [1.54, 1.807) is 0 Å². The molecule has 1 unspecified atom stereocenters. The molecule has 0 fully saturated rings. The number of nitrogens with one attached hydrogen (secondary N) is 1. The summed E-state index contributed by atoms with van der Waals surface area (Å²) in [6.07, 6.45) is 4.79. The van der Waals surface area contributed by atoms with Crippen molar-refractivity contribution in [1.29, 1.82) is 0 Å². The van der Waals surface area contributed by atoms with E-state index in [0.29, 0.717) is 12.3 Å². The van der Waals surface area contributed by atoms with Gasteiger partial charge in [0.2, 0.25) is 5.91 Å². The van der Waals surface area contributed by atoms with Gasteiger partial charge >= 0.3 is 0 Å². The summed E-state index contributed by atoms with van der Waals surface area (Å²) in [5, 5.41) is 2.92. The van der Waals surface area contributed by atoms with Gasteiger partial charge in [0, 0.05) is 18.3 Å². The summed E-state index contributed by atoms with van der Waals surface area (Å²) >= 11 is 5.56. The zero-order chi connectivity index (χ0) is 10.1. The van der Waals surface area contributed by atoms with Crippen molar-refractivity contribution >= 4 is 17.5 Å². The van der Waals surface area contributed by atoms with Gasteiger partial charge in [0.15, 0.2) is 0 Å². The summed E-state index contributed by atoms with van der Waals surface area (Å²) in [5.41, 5.74) is 0. The number of alkyl halides is 1. The topological polar surface area (TPSA) is 29.1 Å². The standard InChI is InChI=1S/C10H20ClNO/c1-3-4-5-6-10(13)12-9(2)7-8-11/h9H,3-8H2,1-2H3,(H,12,13). The smallest absolute Gasteiger partial charge is 0.220 e. The van der Waals surface area contributed by atoms with Crippen LogP contribution in [0.2, 0.25) is 0 Å². The number of carbonyl (C=O) groups excluding carboxylic acids is 1. The molecule has 0 aliphatic rings. The molecule has 0 bridgehead atoms. The van der Waals surface area contributed by atoms with Gasteiger partial charge in [-0.15, -0.1) is 11.6 Å². The first-order valence-corrected chi connectivity index (χ1v) is 5.59. The fraction of sp³-hybridized carbons (Fsp3) is 0.900. The average Bonchev–Trinajstić information content (AvgIpc) is 2.05. The van der Waals surface area contributed by atoms with Crippen LogP contribution in [0.4, 0.5) is 0 Å². The Kier molecular flexibility index (Phi) is 8.21. The van der Waals surface area contributed by atoms with Crippen LogP contribution < -0.4 is 5.32 Å². The quantitative estimate of drug-likeness (QED) is 0.503. The van der Waals surface area contributed by atoms with E-state index in [-0.39, 0.29) is 11.9 Å². The fourth-order valence-electron chi connectivity index (χ4n) is 1.12. The van der Waals surface area contributed by atoms with E-state index >= 15 is 0 Å². The third-order valence-corrected chi connectivity index (χ3v) is 2.18. The second kappa shape index (κ2) is 8.36. The SMILES string of the molecule is CCCCCC(=O)NC(C)CCCl. The number of rotatable bonds is 7. The van der Waals surface area contributed by atoms with Gasteiger partial charge in [0.05, 0.1) is 0 Å². The van der Waals surface area contributed by atoms with E-state index in [1.807, 2.05) is 6.92 Å². The number of amides is 1. The van der Waals surface area contributed by atoms with Gasteiger partial charge < -0.3 is 5.32 Å². The highest BCUT2D eigenvalue weighted by molar-refractivity contribution is 6.17. The number of carbonyl (C=O) groups is 1. The highest BCUT2D eigenvalue weighted by Gasteiger charge is 2.05. The minimum Gasteiger partial charge on any atom is -0.354 e. The molecular formula is C10H20ClNO. The van der Waals surface area contributed by atoms with Crippen molar-refractivity contribution < 1.29 is 4.79 Å². The third-order valence-electron chi connectivity index (χ3n) is 1.96. The van der Waals surface area contributed by atoms with Crippen LogP contribution in [0, 0.1) is 0 Å². The Bertz CT molecular complexity index is 139. The van der Waals surface area contributed by atoms with Gasteiger partial charge in [-0.2, -0.15) is 0 Å². The van der Waals surface area contributed by atoms with Gasteiger partial charge in [-0.3, -0.25) is 4.79 Å². The highest BCUT2D eigenvalue weighted by atomic mass is 35.5. The fourth-order valence-corrected chi connectivity index (χ4v) is 1.45. The lowest BCUT2D eigenvalue weighted by molar-refractivity contribution is -0.121. The molecule has 1 atom stereocenters. The molecule has 13 heavy (non-hydrogen) atoms. The number of hydrogen-bond acceptors (Lipinski definition) is 1. The van der Waals surface area contributed by atoms with E-state index < -0.39 is 0 Å². The molecule has 3 heteroatoms. The molecule has 0 aliphatic carbocycles. The van der Waals surface area contributed by atoms with E-state index in [0.717, 1.165) is 25.7 Å². The van der Waals surface area contributed by atoms with Crippen LogP contribution in [0.1, 0.15) is 46.0 Å². The molecule has 2 nitrogen and oxygen atoms in total. The zero-order valence-electron chi connectivity index (χ0n) is 8.61. The molecular weight excluding hydrogens is 186 g/mol. The lowest BCUT2D eigenvalue weighted by Crippen LogP contribution is -2.32. The van der Waals surface area contributed by atoms with Gasteiger partial charge in [0.25, 0.3) is 0 Å². The summed E-state index contributed by atoms with van der Waals surface area (Å²) in [6.45, 7) is 4.12. The first-order valence-electron chi connectivity index (χ1n) is 5.06. The lowest BCUT2D eigenvalue weighted by atomic mass is 10.2. The first kappa shape index (κ1) is 12.8. The predicted molar refractivity (Wildman–Crippen MR) is 57.1 cm³/mol. The van der Waals surface area contributed by atoms with Gasteiger partial charge in [-0.1, -0.05) is 19.8 Å². The molecule has 0 spiro atoms. The highest BCUT2D eigenvalue weighted by Crippen LogP contribution is 2.00. The van der Waals surface area contributed by atoms with Crippen molar-refractivity contribution in [2.75, 3.05) is 5.88 Å². The van der Waals surface area contributed by atoms with Crippen LogP contribution in [-0.4, -0.2) is 17.8 Å². The molecule has 1 N–H and O–H groups in total. The molecule has 0 rings (SSSR count). The molecule has 0 saturated carbocycles. The summed E-state index contributed by atoms with van der Waals surface area (Å²) in [7, 11) is 0. The van der Waals surface area contributed by atoms with Crippen molar-refractivity contribution in [3.63, 3.8) is 0 Å². The Hall–Kier alpha value is -0.240. The summed E-state index contributed by atoms with van der Waals surface area (Å²) in [5.74, 6) is 0.766. The number of unbranched alkanes of at least 4 members (excludes halogenated alkanes) is 2. The first-order chi connectivity index (χ1) is 6.20. The maximum absolute atomic E-state index is 11.2. The lowest BCUT2D eigenvalue weighted by Gasteiger charge is -2.11. The maximum atomic E-state index is 11.2. The minimum absolute atomic E-state index is 0.158. The molecule has 0 aliphatic heterocycles. The molecule has 78 valence electrons. The molecule has 0 aromatic heterocycles. The normalized spacial score (nSPS) is 12.5. The monoisotopic (exact) mass is 205 g/mol. The van der Waals surface area contributed by atoms with Crippen LogP contribution in [0.25, 0.3) is 0 Å². The van der Waals surface area contributed by atoms with Crippen molar-refractivity contribution in [2.45, 2.75) is 52.0 Å². The second-order valence-corrected chi connectivity index (χ2v) is 3.78. The van der Waals surface area contributed by atoms with Crippen LogP contribution in [-0.2, 0) is 4.79 Å². The van der Waals surface area contributed by atoms with Crippen LogP contribution in [0.3, 0.4) is 0 Å². The average molecular weight is 206 g/mol. The Balaban J connectivity index is 3.38. The summed E-state index contributed by atoms with van der Waals surface area (Å²) in [6, 6.07) is 0.214. The molecule has 0 saturated heterocycles. The molecule has 0 aromatic carbocycles. The second-order valence-electron chi connectivity index (χ2n) is 3.40. The zero-order valence-corrected chi connectivity index (χ0v) is 9.36. The van der Waals surface area contributed by atoms with Crippen molar-refractivity contribution in [2.24, 2.45) is 0 Å². The Morgan fingerprint density at radius 3 is 2.69 bits per heavy atom. The maximum Gasteiger partial charge on any atom is 0.220 e. The largest absolute Gasteiger partial charge is 0.354 e. The van der Waals surface area contributed by atoms with Crippen molar-refractivity contribution in [3.05, 3.63) is 0 Å². The Morgan fingerprint density at radius 2 is 2.15 bits per heavy atom. The van der Waals surface area contributed by atoms with Crippen LogP contribution in [0.15, 0.2) is 0 Å². The van der Waals surface area contributed by atoms with E-state index in [4.69, 9.17) is 11.6 Å². The number of halogens is 1.